The van der Waals surface area contributed by atoms with E-state index < -0.39 is 0 Å². The Morgan fingerprint density at radius 2 is 1.62 bits per heavy atom. The lowest BCUT2D eigenvalue weighted by Crippen LogP contribution is -2.37. The minimum atomic E-state index is -0.258. The van der Waals surface area contributed by atoms with Crippen molar-refractivity contribution >= 4 is 27.8 Å². The highest BCUT2D eigenvalue weighted by Gasteiger charge is 2.31. The van der Waals surface area contributed by atoms with Crippen LogP contribution in [-0.4, -0.2) is 46.2 Å². The number of ether oxygens (including phenoxy) is 1. The van der Waals surface area contributed by atoms with Crippen molar-refractivity contribution in [1.82, 2.24) is 14.0 Å². The molecule has 4 heterocycles. The van der Waals surface area contributed by atoms with Crippen LogP contribution < -0.4 is 0 Å². The molecular formula is C37H49N3O2. The minimum Gasteiger partial charge on any atom is -0.465 e. The Hall–Kier alpha value is -3.05. The third-order valence-electron chi connectivity index (χ3n) is 10.2. The van der Waals surface area contributed by atoms with Crippen molar-refractivity contribution in [2.45, 2.75) is 110 Å². The number of fused-ring (bicyclic) bond motifs is 4. The number of para-hydroxylation sites is 1. The summed E-state index contributed by atoms with van der Waals surface area (Å²) in [4.78, 5) is 15.2. The smallest absolute Gasteiger partial charge is 0.337 e. The SMILES string of the molecule is CC.COC(=O)c1ccc2c(C3CCCCC3)c3n(c2c1)CCCn1cc(C2CCN(C(C)C)CC2)c2cccc-3c21. The maximum atomic E-state index is 12.5. The summed E-state index contributed by atoms with van der Waals surface area (Å²) in [5.41, 5.74) is 9.09. The molecular weight excluding hydrogens is 518 g/mol. The van der Waals surface area contributed by atoms with Crippen LogP contribution in [0.25, 0.3) is 33.1 Å². The van der Waals surface area contributed by atoms with E-state index in [9.17, 15) is 4.79 Å². The number of likely N-dealkylation sites (tertiary alicyclic amines) is 1. The molecule has 7 rings (SSSR count). The number of hydrogen-bond donors (Lipinski definition) is 0. The predicted molar refractivity (Wildman–Crippen MR) is 175 cm³/mol. The average molecular weight is 568 g/mol. The number of benzene rings is 2. The number of carbonyl (C=O) groups excluding carboxylic acids is 1. The maximum absolute atomic E-state index is 12.5. The van der Waals surface area contributed by atoms with Gasteiger partial charge in [0.1, 0.15) is 0 Å². The van der Waals surface area contributed by atoms with Crippen molar-refractivity contribution in [3.05, 3.63) is 59.3 Å². The maximum Gasteiger partial charge on any atom is 0.337 e. The molecule has 42 heavy (non-hydrogen) atoms. The highest BCUT2D eigenvalue weighted by molar-refractivity contribution is 6.03. The molecule has 224 valence electrons. The second-order valence-electron chi connectivity index (χ2n) is 12.7. The number of aryl methyl sites for hydroxylation is 2. The van der Waals surface area contributed by atoms with Crippen molar-refractivity contribution in [2.24, 2.45) is 0 Å². The molecule has 5 heteroatoms. The van der Waals surface area contributed by atoms with Crippen LogP contribution in [0.4, 0.5) is 0 Å². The summed E-state index contributed by atoms with van der Waals surface area (Å²) >= 11 is 0. The normalized spacial score (nSPS) is 18.4. The fourth-order valence-electron chi connectivity index (χ4n) is 8.15. The topological polar surface area (TPSA) is 39.4 Å². The molecule has 0 amide bonds. The first-order valence-corrected chi connectivity index (χ1v) is 16.7. The van der Waals surface area contributed by atoms with Crippen LogP contribution in [-0.2, 0) is 17.8 Å². The molecule has 0 atom stereocenters. The van der Waals surface area contributed by atoms with Gasteiger partial charge in [-0.2, -0.15) is 0 Å². The van der Waals surface area contributed by atoms with Gasteiger partial charge in [0.15, 0.2) is 0 Å². The van der Waals surface area contributed by atoms with Crippen molar-refractivity contribution in [2.75, 3.05) is 20.2 Å². The number of hydrogen-bond acceptors (Lipinski definition) is 3. The molecule has 0 bridgehead atoms. The lowest BCUT2D eigenvalue weighted by molar-refractivity contribution is 0.0601. The Balaban J connectivity index is 0.00000155. The molecule has 0 N–H and O–H groups in total. The number of nitrogens with zero attached hydrogens (tertiary/aromatic N) is 3. The van der Waals surface area contributed by atoms with Crippen LogP contribution >= 0.6 is 0 Å². The van der Waals surface area contributed by atoms with Gasteiger partial charge < -0.3 is 18.8 Å². The summed E-state index contributed by atoms with van der Waals surface area (Å²) in [6, 6.07) is 13.9. The largest absolute Gasteiger partial charge is 0.465 e. The quantitative estimate of drug-likeness (QED) is 0.231. The van der Waals surface area contributed by atoms with E-state index in [2.05, 4.69) is 64.4 Å². The van der Waals surface area contributed by atoms with Crippen LogP contribution in [0.3, 0.4) is 0 Å². The third-order valence-corrected chi connectivity index (χ3v) is 10.2. The first-order chi connectivity index (χ1) is 20.5. The fraction of sp³-hybridized carbons (Fsp3) is 0.541. The lowest BCUT2D eigenvalue weighted by atomic mass is 9.81. The van der Waals surface area contributed by atoms with E-state index in [1.54, 1.807) is 5.56 Å². The molecule has 0 spiro atoms. The van der Waals surface area contributed by atoms with E-state index in [-0.39, 0.29) is 5.97 Å². The Morgan fingerprint density at radius 3 is 2.33 bits per heavy atom. The van der Waals surface area contributed by atoms with Crippen molar-refractivity contribution in [3.8, 4) is 11.3 Å². The zero-order chi connectivity index (χ0) is 29.4. The fourth-order valence-corrected chi connectivity index (χ4v) is 8.15. The lowest BCUT2D eigenvalue weighted by Gasteiger charge is -2.34. The first kappa shape index (κ1) is 29.0. The Kier molecular flexibility index (Phi) is 8.49. The average Bonchev–Trinajstić information content (AvgIpc) is 3.56. The molecule has 1 aliphatic carbocycles. The zero-order valence-electron chi connectivity index (χ0n) is 26.4. The number of esters is 1. The molecule has 2 aromatic heterocycles. The standard InChI is InChI=1S/C35H43N3O2.C2H6/c1-23(2)36-19-15-24(16-20-36)30-22-37-17-8-18-38-31-21-26(35(39)40-3)13-14-28(31)32(25-9-5-4-6-10-25)34(38)29-12-7-11-27(30)33(29)37;1-2/h7,11-14,21-25H,4-6,8-10,15-20H2,1-3H3;1-2H3. The summed E-state index contributed by atoms with van der Waals surface area (Å²) in [7, 11) is 1.47. The van der Waals surface area contributed by atoms with E-state index in [1.165, 1.54) is 104 Å². The van der Waals surface area contributed by atoms with Crippen LogP contribution in [0.2, 0.25) is 0 Å². The van der Waals surface area contributed by atoms with E-state index >= 15 is 0 Å². The monoisotopic (exact) mass is 567 g/mol. The molecule has 2 fully saturated rings. The Labute approximate surface area is 251 Å². The molecule has 4 aromatic rings. The van der Waals surface area contributed by atoms with E-state index in [1.807, 2.05) is 19.9 Å². The second-order valence-corrected chi connectivity index (χ2v) is 12.7. The van der Waals surface area contributed by atoms with Gasteiger partial charge in [-0.3, -0.25) is 0 Å². The highest BCUT2D eigenvalue weighted by Crippen LogP contribution is 2.47. The predicted octanol–water partition coefficient (Wildman–Crippen LogP) is 9.12. The van der Waals surface area contributed by atoms with Gasteiger partial charge in [0, 0.05) is 47.2 Å². The molecule has 5 nitrogen and oxygen atoms in total. The molecule has 3 aliphatic rings. The first-order valence-electron chi connectivity index (χ1n) is 16.7. The van der Waals surface area contributed by atoms with Gasteiger partial charge in [0.2, 0.25) is 0 Å². The van der Waals surface area contributed by atoms with E-state index in [0.29, 0.717) is 23.4 Å². The van der Waals surface area contributed by atoms with Gasteiger partial charge in [-0.1, -0.05) is 57.4 Å². The number of piperidine rings is 1. The van der Waals surface area contributed by atoms with E-state index in [0.717, 1.165) is 19.5 Å². The van der Waals surface area contributed by atoms with Crippen LogP contribution in [0.5, 0.6) is 0 Å². The zero-order valence-corrected chi connectivity index (χ0v) is 26.4. The second kappa shape index (κ2) is 12.3. The number of carbonyl (C=O) groups is 1. The molecule has 0 unspecified atom stereocenters. The summed E-state index contributed by atoms with van der Waals surface area (Å²) in [5, 5.41) is 2.77. The molecule has 2 aromatic carbocycles. The van der Waals surface area contributed by atoms with Gasteiger partial charge in [-0.25, -0.2) is 4.79 Å². The molecule has 1 saturated heterocycles. The van der Waals surface area contributed by atoms with Crippen LogP contribution in [0.15, 0.2) is 42.6 Å². The van der Waals surface area contributed by atoms with Gasteiger partial charge in [0.25, 0.3) is 0 Å². The number of methoxy groups -OCH3 is 1. The van der Waals surface area contributed by atoms with Crippen molar-refractivity contribution in [3.63, 3.8) is 0 Å². The molecule has 1 saturated carbocycles. The van der Waals surface area contributed by atoms with Gasteiger partial charge >= 0.3 is 5.97 Å². The molecule has 2 aliphatic heterocycles. The third kappa shape index (κ3) is 4.98. The van der Waals surface area contributed by atoms with Crippen molar-refractivity contribution in [1.29, 1.82) is 0 Å². The summed E-state index contributed by atoms with van der Waals surface area (Å²) in [6.07, 6.45) is 12.5. The summed E-state index contributed by atoms with van der Waals surface area (Å²) in [6.45, 7) is 13.0. The number of aromatic nitrogens is 2. The van der Waals surface area contributed by atoms with Gasteiger partial charge in [-0.15, -0.1) is 0 Å². The van der Waals surface area contributed by atoms with Crippen LogP contribution in [0.1, 0.15) is 112 Å². The molecule has 0 radical (unpaired) electrons. The Morgan fingerprint density at radius 1 is 0.857 bits per heavy atom. The Bertz CT molecular complexity index is 1560. The van der Waals surface area contributed by atoms with Gasteiger partial charge in [0.05, 0.1) is 23.9 Å². The summed E-state index contributed by atoms with van der Waals surface area (Å²) in [5.74, 6) is 0.932. The number of rotatable bonds is 4. The minimum absolute atomic E-state index is 0.258. The van der Waals surface area contributed by atoms with E-state index in [4.69, 9.17) is 4.74 Å². The van der Waals surface area contributed by atoms with Crippen molar-refractivity contribution < 1.29 is 9.53 Å². The highest BCUT2D eigenvalue weighted by atomic mass is 16.5. The van der Waals surface area contributed by atoms with Crippen LogP contribution in [0, 0.1) is 0 Å². The summed E-state index contributed by atoms with van der Waals surface area (Å²) < 4.78 is 10.3. The van der Waals surface area contributed by atoms with Gasteiger partial charge in [-0.05, 0) is 94.1 Å².